The standard InChI is InChI=1S/C25H32N2O3/c28-23-7-4-8-24(19-23)30-18-13-25(29)27-16-14-26(15-17-27)22-11-9-21(10-12-22)20-5-2-1-3-6-20/h4,7-12,19-20,28H,1-3,5-6,13-18H2. The van der Waals surface area contributed by atoms with Crippen molar-refractivity contribution in [2.45, 2.75) is 44.4 Å². The van der Waals surface area contributed by atoms with Crippen molar-refractivity contribution in [3.63, 3.8) is 0 Å². The van der Waals surface area contributed by atoms with Crippen LogP contribution >= 0.6 is 0 Å². The second-order valence-corrected chi connectivity index (χ2v) is 8.39. The molecule has 0 unspecified atom stereocenters. The third kappa shape index (κ3) is 5.26. The Kier molecular flexibility index (Phi) is 6.77. The number of aromatic hydroxyl groups is 1. The highest BCUT2D eigenvalue weighted by molar-refractivity contribution is 5.76. The summed E-state index contributed by atoms with van der Waals surface area (Å²) in [6.07, 6.45) is 7.12. The molecule has 0 bridgehead atoms. The number of rotatable bonds is 6. The fourth-order valence-electron chi connectivity index (χ4n) is 4.59. The Morgan fingerprint density at radius 3 is 2.40 bits per heavy atom. The first-order chi connectivity index (χ1) is 14.7. The molecule has 0 spiro atoms. The number of hydrogen-bond acceptors (Lipinski definition) is 4. The van der Waals surface area contributed by atoms with Gasteiger partial charge in [-0.05, 0) is 48.6 Å². The summed E-state index contributed by atoms with van der Waals surface area (Å²) < 4.78 is 5.58. The van der Waals surface area contributed by atoms with Crippen molar-refractivity contribution < 1.29 is 14.6 Å². The minimum Gasteiger partial charge on any atom is -0.508 e. The van der Waals surface area contributed by atoms with Gasteiger partial charge in [0.05, 0.1) is 13.0 Å². The lowest BCUT2D eigenvalue weighted by atomic mass is 9.84. The van der Waals surface area contributed by atoms with Crippen molar-refractivity contribution in [2.75, 3.05) is 37.7 Å². The first kappa shape index (κ1) is 20.6. The number of benzene rings is 2. The van der Waals surface area contributed by atoms with E-state index in [0.29, 0.717) is 18.8 Å². The number of nitrogens with zero attached hydrogens (tertiary/aromatic N) is 2. The zero-order valence-corrected chi connectivity index (χ0v) is 17.6. The van der Waals surface area contributed by atoms with Crippen molar-refractivity contribution >= 4 is 11.6 Å². The van der Waals surface area contributed by atoms with E-state index in [4.69, 9.17) is 4.74 Å². The maximum atomic E-state index is 12.5. The normalized spacial score (nSPS) is 17.7. The van der Waals surface area contributed by atoms with Crippen molar-refractivity contribution in [1.82, 2.24) is 4.90 Å². The molecule has 2 aromatic carbocycles. The summed E-state index contributed by atoms with van der Waals surface area (Å²) in [6.45, 7) is 3.54. The van der Waals surface area contributed by atoms with Gasteiger partial charge in [0.15, 0.2) is 0 Å². The van der Waals surface area contributed by atoms with Crippen molar-refractivity contribution in [3.05, 3.63) is 54.1 Å². The summed E-state index contributed by atoms with van der Waals surface area (Å²) in [5.41, 5.74) is 2.74. The number of carbonyl (C=O) groups excluding carboxylic acids is 1. The number of hydrogen-bond donors (Lipinski definition) is 1. The Morgan fingerprint density at radius 1 is 0.967 bits per heavy atom. The van der Waals surface area contributed by atoms with Crippen LogP contribution in [0.2, 0.25) is 0 Å². The molecule has 0 aromatic heterocycles. The smallest absolute Gasteiger partial charge is 0.226 e. The van der Waals surface area contributed by atoms with Crippen LogP contribution in [0.5, 0.6) is 11.5 Å². The van der Waals surface area contributed by atoms with Crippen molar-refractivity contribution in [3.8, 4) is 11.5 Å². The molecule has 30 heavy (non-hydrogen) atoms. The molecular formula is C25H32N2O3. The van der Waals surface area contributed by atoms with E-state index in [9.17, 15) is 9.90 Å². The fraction of sp³-hybridized carbons (Fsp3) is 0.480. The van der Waals surface area contributed by atoms with Crippen LogP contribution in [0.4, 0.5) is 5.69 Å². The van der Waals surface area contributed by atoms with Gasteiger partial charge in [0, 0.05) is 37.9 Å². The van der Waals surface area contributed by atoms with E-state index in [0.717, 1.165) is 32.1 Å². The maximum Gasteiger partial charge on any atom is 0.226 e. The molecule has 2 aromatic rings. The highest BCUT2D eigenvalue weighted by Crippen LogP contribution is 2.33. The number of anilines is 1. The Bertz CT molecular complexity index is 823. The molecule has 1 amide bonds. The molecule has 1 aliphatic heterocycles. The summed E-state index contributed by atoms with van der Waals surface area (Å²) in [4.78, 5) is 16.8. The third-order valence-corrected chi connectivity index (χ3v) is 6.37. The van der Waals surface area contributed by atoms with E-state index < -0.39 is 0 Å². The molecule has 1 heterocycles. The Balaban J connectivity index is 1.21. The first-order valence-electron chi connectivity index (χ1n) is 11.2. The fourth-order valence-corrected chi connectivity index (χ4v) is 4.59. The summed E-state index contributed by atoms with van der Waals surface area (Å²) in [5.74, 6) is 1.62. The van der Waals surface area contributed by atoms with Gasteiger partial charge in [0.2, 0.25) is 5.91 Å². The van der Waals surface area contributed by atoms with Crippen molar-refractivity contribution in [2.24, 2.45) is 0 Å². The monoisotopic (exact) mass is 408 g/mol. The number of phenols is 1. The lowest BCUT2D eigenvalue weighted by Gasteiger charge is -2.36. The molecule has 5 nitrogen and oxygen atoms in total. The van der Waals surface area contributed by atoms with E-state index in [1.165, 1.54) is 43.4 Å². The van der Waals surface area contributed by atoms with Gasteiger partial charge >= 0.3 is 0 Å². The zero-order valence-electron chi connectivity index (χ0n) is 17.6. The highest BCUT2D eigenvalue weighted by atomic mass is 16.5. The van der Waals surface area contributed by atoms with E-state index >= 15 is 0 Å². The van der Waals surface area contributed by atoms with Gasteiger partial charge in [-0.2, -0.15) is 0 Å². The summed E-state index contributed by atoms with van der Waals surface area (Å²) in [7, 11) is 0. The lowest BCUT2D eigenvalue weighted by molar-refractivity contribution is -0.132. The molecule has 2 aliphatic rings. The van der Waals surface area contributed by atoms with Gasteiger partial charge < -0.3 is 19.6 Å². The maximum absolute atomic E-state index is 12.5. The van der Waals surface area contributed by atoms with Crippen LogP contribution in [0.1, 0.15) is 50.0 Å². The number of amides is 1. The van der Waals surface area contributed by atoms with Gasteiger partial charge in [-0.3, -0.25) is 4.79 Å². The SMILES string of the molecule is O=C(CCOc1cccc(O)c1)N1CCN(c2ccc(C3CCCCC3)cc2)CC1. The molecule has 0 radical (unpaired) electrons. The molecular weight excluding hydrogens is 376 g/mol. The summed E-state index contributed by atoms with van der Waals surface area (Å²) in [6, 6.07) is 15.8. The molecule has 1 aliphatic carbocycles. The minimum atomic E-state index is 0.127. The van der Waals surface area contributed by atoms with Crippen LogP contribution in [-0.2, 0) is 4.79 Å². The third-order valence-electron chi connectivity index (χ3n) is 6.37. The number of ether oxygens (including phenoxy) is 1. The minimum absolute atomic E-state index is 0.127. The molecule has 160 valence electrons. The Hall–Kier alpha value is -2.69. The van der Waals surface area contributed by atoms with E-state index in [1.807, 2.05) is 4.90 Å². The molecule has 0 atom stereocenters. The van der Waals surface area contributed by atoms with Crippen LogP contribution < -0.4 is 9.64 Å². The number of phenolic OH excluding ortho intramolecular Hbond substituents is 1. The number of carbonyl (C=O) groups is 1. The molecule has 1 N–H and O–H groups in total. The zero-order chi connectivity index (χ0) is 20.8. The number of piperazine rings is 1. The van der Waals surface area contributed by atoms with E-state index in [2.05, 4.69) is 29.2 Å². The van der Waals surface area contributed by atoms with Gasteiger partial charge in [-0.1, -0.05) is 37.5 Å². The Labute approximate surface area is 179 Å². The topological polar surface area (TPSA) is 53.0 Å². The molecule has 2 fully saturated rings. The Morgan fingerprint density at radius 2 is 1.70 bits per heavy atom. The second kappa shape index (κ2) is 9.88. The largest absolute Gasteiger partial charge is 0.508 e. The highest BCUT2D eigenvalue weighted by Gasteiger charge is 2.22. The van der Waals surface area contributed by atoms with Gasteiger partial charge in [0.1, 0.15) is 11.5 Å². The van der Waals surface area contributed by atoms with Crippen LogP contribution in [-0.4, -0.2) is 48.7 Å². The van der Waals surface area contributed by atoms with Gasteiger partial charge in [0.25, 0.3) is 0 Å². The van der Waals surface area contributed by atoms with E-state index in [1.54, 1.807) is 24.3 Å². The quantitative estimate of drug-likeness (QED) is 0.761. The van der Waals surface area contributed by atoms with Crippen molar-refractivity contribution in [1.29, 1.82) is 0 Å². The van der Waals surface area contributed by atoms with Gasteiger partial charge in [-0.25, -0.2) is 0 Å². The first-order valence-corrected chi connectivity index (χ1v) is 11.2. The molecule has 5 heteroatoms. The van der Waals surface area contributed by atoms with E-state index in [-0.39, 0.29) is 11.7 Å². The van der Waals surface area contributed by atoms with Crippen LogP contribution in [0.3, 0.4) is 0 Å². The average Bonchev–Trinajstić information content (AvgIpc) is 2.80. The summed E-state index contributed by atoms with van der Waals surface area (Å²) in [5, 5.41) is 9.47. The molecule has 1 saturated carbocycles. The predicted molar refractivity (Wildman–Crippen MR) is 119 cm³/mol. The average molecular weight is 409 g/mol. The second-order valence-electron chi connectivity index (χ2n) is 8.39. The molecule has 1 saturated heterocycles. The van der Waals surface area contributed by atoms with Gasteiger partial charge in [-0.15, -0.1) is 0 Å². The van der Waals surface area contributed by atoms with Crippen LogP contribution in [0, 0.1) is 0 Å². The van der Waals surface area contributed by atoms with Crippen LogP contribution in [0.15, 0.2) is 48.5 Å². The van der Waals surface area contributed by atoms with Crippen LogP contribution in [0.25, 0.3) is 0 Å². The summed E-state index contributed by atoms with van der Waals surface area (Å²) >= 11 is 0. The molecule has 4 rings (SSSR count). The predicted octanol–water partition coefficient (Wildman–Crippen LogP) is 4.56. The lowest BCUT2D eigenvalue weighted by Crippen LogP contribution is -2.49.